The predicted molar refractivity (Wildman–Crippen MR) is 83.2 cm³/mol. The van der Waals surface area contributed by atoms with Gasteiger partial charge < -0.3 is 28.9 Å². The van der Waals surface area contributed by atoms with Crippen molar-refractivity contribution in [2.45, 2.75) is 57.8 Å². The van der Waals surface area contributed by atoms with Crippen LogP contribution in [0.3, 0.4) is 0 Å². The maximum Gasteiger partial charge on any atom is 0.260 e. The minimum absolute atomic E-state index is 0. The molecule has 0 saturated carbocycles. The van der Waals surface area contributed by atoms with E-state index in [0.717, 1.165) is 44.3 Å². The van der Waals surface area contributed by atoms with Crippen molar-refractivity contribution in [3.8, 4) is 0 Å². The van der Waals surface area contributed by atoms with E-state index in [1.807, 2.05) is 4.90 Å². The zero-order chi connectivity index (χ0) is 14.7. The van der Waals surface area contributed by atoms with Crippen molar-refractivity contribution in [1.29, 1.82) is 0 Å². The molecule has 1 aliphatic carbocycles. The van der Waals surface area contributed by atoms with Gasteiger partial charge in [-0.25, -0.2) is 4.57 Å². The summed E-state index contributed by atoms with van der Waals surface area (Å²) in [4.78, 5) is 14.8. The number of amides is 1. The Morgan fingerprint density at radius 2 is 1.64 bits per heavy atom. The number of carbonyl (C=O) groups excluding carboxylic acids is 1. The Labute approximate surface area is 151 Å². The molecule has 0 N–H and O–H groups in total. The number of hydrogen-bond acceptors (Lipinski definition) is 1. The summed E-state index contributed by atoms with van der Waals surface area (Å²) < 4.78 is 2.18. The van der Waals surface area contributed by atoms with E-state index in [1.54, 1.807) is 0 Å². The van der Waals surface area contributed by atoms with Crippen LogP contribution in [-0.2, 0) is 19.9 Å². The molecule has 1 aliphatic heterocycles. The van der Waals surface area contributed by atoms with Crippen LogP contribution in [0.2, 0.25) is 0 Å². The van der Waals surface area contributed by atoms with Crippen molar-refractivity contribution in [3.63, 3.8) is 0 Å². The van der Waals surface area contributed by atoms with E-state index in [4.69, 9.17) is 0 Å². The fourth-order valence-corrected chi connectivity index (χ4v) is 3.63. The molecule has 2 heterocycles. The molecule has 3 rings (SSSR count). The van der Waals surface area contributed by atoms with Crippen LogP contribution in [0.15, 0.2) is 12.3 Å². The Morgan fingerprint density at radius 3 is 2.36 bits per heavy atom. The molecular formula is C18H27IN2O. The average molecular weight is 414 g/mol. The van der Waals surface area contributed by atoms with Crippen LogP contribution in [0.4, 0.5) is 0 Å². The third-order valence-corrected chi connectivity index (χ3v) is 4.97. The van der Waals surface area contributed by atoms with Gasteiger partial charge >= 0.3 is 0 Å². The van der Waals surface area contributed by atoms with Gasteiger partial charge in [-0.2, -0.15) is 0 Å². The normalized spacial score (nSPS) is 18.7. The van der Waals surface area contributed by atoms with Gasteiger partial charge in [-0.05, 0) is 37.7 Å². The second kappa shape index (κ2) is 8.27. The molecule has 1 fully saturated rings. The fourth-order valence-electron chi connectivity index (χ4n) is 3.63. The maximum atomic E-state index is 12.8. The summed E-state index contributed by atoms with van der Waals surface area (Å²) in [5, 5.41) is 0. The molecule has 0 atom stereocenters. The van der Waals surface area contributed by atoms with Gasteiger partial charge in [0.15, 0.2) is 11.9 Å². The van der Waals surface area contributed by atoms with Crippen LogP contribution in [0.1, 0.15) is 66.6 Å². The first-order valence-electron chi connectivity index (χ1n) is 8.56. The number of likely N-dealkylation sites (tertiary alicyclic amines) is 1. The first kappa shape index (κ1) is 17.7. The topological polar surface area (TPSA) is 24.2 Å². The predicted octanol–water partition coefficient (Wildman–Crippen LogP) is -0.200. The molecule has 0 spiro atoms. The van der Waals surface area contributed by atoms with Crippen LogP contribution in [-0.4, -0.2) is 23.9 Å². The zero-order valence-corrected chi connectivity index (χ0v) is 15.8. The minimum Gasteiger partial charge on any atom is -1.00 e. The van der Waals surface area contributed by atoms with Gasteiger partial charge in [0, 0.05) is 25.6 Å². The van der Waals surface area contributed by atoms with Crippen molar-refractivity contribution in [2.24, 2.45) is 7.05 Å². The lowest BCUT2D eigenvalue weighted by atomic mass is 9.97. The van der Waals surface area contributed by atoms with Gasteiger partial charge in [0.05, 0.1) is 0 Å². The molecule has 2 aliphatic rings. The highest BCUT2D eigenvalue weighted by molar-refractivity contribution is 5.95. The number of halogens is 1. The number of carbonyl (C=O) groups is 1. The van der Waals surface area contributed by atoms with E-state index in [1.165, 1.54) is 43.4 Å². The van der Waals surface area contributed by atoms with Gasteiger partial charge in [0.25, 0.3) is 5.91 Å². The van der Waals surface area contributed by atoms with Crippen LogP contribution >= 0.6 is 0 Å². The van der Waals surface area contributed by atoms with E-state index >= 15 is 0 Å². The summed E-state index contributed by atoms with van der Waals surface area (Å²) in [6.45, 7) is 1.87. The Kier molecular flexibility index (Phi) is 6.66. The monoisotopic (exact) mass is 414 g/mol. The second-order valence-electron chi connectivity index (χ2n) is 6.58. The first-order valence-corrected chi connectivity index (χ1v) is 8.56. The molecule has 122 valence electrons. The highest BCUT2D eigenvalue weighted by Crippen LogP contribution is 2.20. The lowest BCUT2D eigenvalue weighted by Gasteiger charge is -2.18. The molecule has 4 heteroatoms. The highest BCUT2D eigenvalue weighted by atomic mass is 127. The van der Waals surface area contributed by atoms with Gasteiger partial charge in [0.1, 0.15) is 12.6 Å². The summed E-state index contributed by atoms with van der Waals surface area (Å²) in [7, 11) is 2.09. The van der Waals surface area contributed by atoms with Crippen LogP contribution in [0.25, 0.3) is 0 Å². The molecule has 22 heavy (non-hydrogen) atoms. The average Bonchev–Trinajstić information content (AvgIpc) is 3.02. The number of rotatable bonds is 1. The molecule has 1 aromatic heterocycles. The molecule has 0 radical (unpaired) electrons. The maximum absolute atomic E-state index is 12.8. The van der Waals surface area contributed by atoms with Gasteiger partial charge in [-0.15, -0.1) is 0 Å². The smallest absolute Gasteiger partial charge is 0.260 e. The first-order chi connectivity index (χ1) is 10.3. The molecule has 0 aromatic carbocycles. The molecule has 1 saturated heterocycles. The van der Waals surface area contributed by atoms with Crippen molar-refractivity contribution in [1.82, 2.24) is 4.90 Å². The van der Waals surface area contributed by atoms with E-state index < -0.39 is 0 Å². The summed E-state index contributed by atoms with van der Waals surface area (Å²) in [6, 6.07) is 2.30. The zero-order valence-electron chi connectivity index (χ0n) is 13.6. The molecule has 3 nitrogen and oxygen atoms in total. The lowest BCUT2D eigenvalue weighted by molar-refractivity contribution is -0.679. The second-order valence-corrected chi connectivity index (χ2v) is 6.58. The minimum atomic E-state index is 0. The highest BCUT2D eigenvalue weighted by Gasteiger charge is 2.25. The molecule has 1 amide bonds. The lowest BCUT2D eigenvalue weighted by Crippen LogP contribution is -3.00. The quantitative estimate of drug-likeness (QED) is 0.462. The van der Waals surface area contributed by atoms with E-state index in [9.17, 15) is 4.79 Å². The van der Waals surface area contributed by atoms with E-state index in [2.05, 4.69) is 23.9 Å². The third-order valence-electron chi connectivity index (χ3n) is 4.97. The molecule has 2 bridgehead atoms. The Bertz CT molecular complexity index is 524. The largest absolute Gasteiger partial charge is 1.00 e. The van der Waals surface area contributed by atoms with Crippen LogP contribution < -0.4 is 28.5 Å². The number of fused-ring (bicyclic) bond motifs is 2. The molecular weight excluding hydrogens is 387 g/mol. The number of aromatic nitrogens is 1. The number of aryl methyl sites for hydroxylation is 3. The van der Waals surface area contributed by atoms with Crippen molar-refractivity contribution in [2.75, 3.05) is 13.1 Å². The SMILES string of the molecule is C[n+]1cc(C(=O)N2CCCC2)c2cc1CCCCCCC2.[I-]. The Hall–Kier alpha value is -0.650. The standard InChI is InChI=1S/C18H27N2O.HI/c1-19-14-17(18(21)20-11-7-8-12-20)15-9-5-3-2-4-6-10-16(19)13-15;/h13-14H,2-12H2,1H3;1H/q+1;/p-1. The van der Waals surface area contributed by atoms with E-state index in [-0.39, 0.29) is 29.9 Å². The van der Waals surface area contributed by atoms with Crippen molar-refractivity contribution >= 4 is 5.91 Å². The van der Waals surface area contributed by atoms with Crippen molar-refractivity contribution in [3.05, 3.63) is 29.1 Å². The number of hydrogen-bond donors (Lipinski definition) is 0. The number of pyridine rings is 1. The summed E-state index contributed by atoms with van der Waals surface area (Å²) in [6.07, 6.45) is 13.1. The van der Waals surface area contributed by atoms with Gasteiger partial charge in [-0.1, -0.05) is 19.3 Å². The molecule has 0 unspecified atom stereocenters. The van der Waals surface area contributed by atoms with Crippen molar-refractivity contribution < 1.29 is 33.3 Å². The number of nitrogens with zero attached hydrogens (tertiary/aromatic N) is 2. The van der Waals surface area contributed by atoms with E-state index in [0.29, 0.717) is 0 Å². The fraction of sp³-hybridized carbons (Fsp3) is 0.667. The van der Waals surface area contributed by atoms with Crippen LogP contribution in [0.5, 0.6) is 0 Å². The summed E-state index contributed by atoms with van der Waals surface area (Å²) >= 11 is 0. The summed E-state index contributed by atoms with van der Waals surface area (Å²) in [5.41, 5.74) is 3.61. The van der Waals surface area contributed by atoms with Crippen LogP contribution in [0, 0.1) is 0 Å². The Morgan fingerprint density at radius 1 is 1.00 bits per heavy atom. The Balaban J connectivity index is 0.00000176. The third kappa shape index (κ3) is 4.00. The molecule has 1 aromatic rings. The summed E-state index contributed by atoms with van der Waals surface area (Å²) in [5.74, 6) is 0.252. The van der Waals surface area contributed by atoms with Gasteiger partial charge in [-0.3, -0.25) is 4.79 Å². The van der Waals surface area contributed by atoms with Gasteiger partial charge in [0.2, 0.25) is 0 Å².